The van der Waals surface area contributed by atoms with Gasteiger partial charge < -0.3 is 10.6 Å². The lowest BCUT2D eigenvalue weighted by Crippen LogP contribution is -2.34. The second kappa shape index (κ2) is 6.40. The van der Waals surface area contributed by atoms with Crippen molar-refractivity contribution in [1.29, 1.82) is 0 Å². The molecule has 82 valence electrons. The Morgan fingerprint density at radius 1 is 1.21 bits per heavy atom. The Bertz CT molecular complexity index is 200. The molecule has 0 rings (SSSR count). The second-order valence-electron chi connectivity index (χ2n) is 3.28. The molecule has 0 aliphatic heterocycles. The average Bonchev–Trinajstić information content (AvgIpc) is 2.15. The Hall–Kier alpha value is -1.06. The van der Waals surface area contributed by atoms with Crippen LogP contribution in [0, 0.1) is 5.92 Å². The Morgan fingerprint density at radius 2 is 1.71 bits per heavy atom. The molecule has 0 bridgehead atoms. The van der Waals surface area contributed by atoms with Crippen LogP contribution in [0.3, 0.4) is 0 Å². The van der Waals surface area contributed by atoms with E-state index < -0.39 is 0 Å². The first-order chi connectivity index (χ1) is 6.56. The highest BCUT2D eigenvalue weighted by atomic mass is 16.2. The molecule has 0 aromatic carbocycles. The number of hydrogen-bond donors (Lipinski definition) is 1. The standard InChI is InChI=1S/C10H20N2O2/c1-4-8(10(11)14)7-9(13)12(5-2)6-3/h8H,4-7H2,1-3H3,(H2,11,14). The zero-order chi connectivity index (χ0) is 11.1. The maximum atomic E-state index is 11.6. The summed E-state index contributed by atoms with van der Waals surface area (Å²) in [5.41, 5.74) is 5.17. The SMILES string of the molecule is CCC(CC(=O)N(CC)CC)C(N)=O. The summed E-state index contributed by atoms with van der Waals surface area (Å²) in [5.74, 6) is -0.684. The molecule has 0 radical (unpaired) electrons. The molecule has 0 aromatic heterocycles. The van der Waals surface area contributed by atoms with Gasteiger partial charge in [-0.05, 0) is 20.3 Å². The first-order valence-electron chi connectivity index (χ1n) is 5.13. The van der Waals surface area contributed by atoms with E-state index in [2.05, 4.69) is 0 Å². The van der Waals surface area contributed by atoms with Gasteiger partial charge in [0, 0.05) is 25.4 Å². The number of hydrogen-bond acceptors (Lipinski definition) is 2. The lowest BCUT2D eigenvalue weighted by atomic mass is 10.0. The van der Waals surface area contributed by atoms with Crippen LogP contribution in [-0.4, -0.2) is 29.8 Å². The van der Waals surface area contributed by atoms with Crippen molar-refractivity contribution in [2.75, 3.05) is 13.1 Å². The minimum atomic E-state index is -0.381. The van der Waals surface area contributed by atoms with Crippen molar-refractivity contribution in [2.24, 2.45) is 11.7 Å². The summed E-state index contributed by atoms with van der Waals surface area (Å²) in [4.78, 5) is 24.2. The Morgan fingerprint density at radius 3 is 2.00 bits per heavy atom. The van der Waals surface area contributed by atoms with Gasteiger partial charge in [-0.25, -0.2) is 0 Å². The van der Waals surface area contributed by atoms with E-state index in [1.165, 1.54) is 0 Å². The van der Waals surface area contributed by atoms with Crippen LogP contribution in [-0.2, 0) is 9.59 Å². The molecule has 2 N–H and O–H groups in total. The van der Waals surface area contributed by atoms with Gasteiger partial charge in [-0.3, -0.25) is 9.59 Å². The molecule has 4 heteroatoms. The molecule has 0 saturated carbocycles. The van der Waals surface area contributed by atoms with Crippen molar-refractivity contribution in [1.82, 2.24) is 4.90 Å². The molecule has 0 saturated heterocycles. The molecule has 4 nitrogen and oxygen atoms in total. The van der Waals surface area contributed by atoms with Crippen molar-refractivity contribution >= 4 is 11.8 Å². The zero-order valence-electron chi connectivity index (χ0n) is 9.25. The molecule has 0 aliphatic rings. The van der Waals surface area contributed by atoms with Crippen LogP contribution in [0.15, 0.2) is 0 Å². The van der Waals surface area contributed by atoms with Crippen LogP contribution < -0.4 is 5.73 Å². The van der Waals surface area contributed by atoms with E-state index in [4.69, 9.17) is 5.73 Å². The van der Waals surface area contributed by atoms with Crippen molar-refractivity contribution < 1.29 is 9.59 Å². The van der Waals surface area contributed by atoms with E-state index in [1.54, 1.807) is 4.90 Å². The van der Waals surface area contributed by atoms with Gasteiger partial charge in [0.1, 0.15) is 0 Å². The largest absolute Gasteiger partial charge is 0.369 e. The van der Waals surface area contributed by atoms with Crippen LogP contribution in [0.4, 0.5) is 0 Å². The first kappa shape index (κ1) is 12.9. The number of nitrogens with two attached hydrogens (primary N) is 1. The summed E-state index contributed by atoms with van der Waals surface area (Å²) >= 11 is 0. The fraction of sp³-hybridized carbons (Fsp3) is 0.800. The minimum absolute atomic E-state index is 0.0145. The quantitative estimate of drug-likeness (QED) is 0.688. The Labute approximate surface area is 85.4 Å². The number of carbonyl (C=O) groups excluding carboxylic acids is 2. The molecule has 14 heavy (non-hydrogen) atoms. The van der Waals surface area contributed by atoms with Crippen LogP contribution in [0.5, 0.6) is 0 Å². The van der Waals surface area contributed by atoms with Crippen LogP contribution >= 0.6 is 0 Å². The number of primary amides is 1. The van der Waals surface area contributed by atoms with Crippen molar-refractivity contribution in [3.05, 3.63) is 0 Å². The van der Waals surface area contributed by atoms with Crippen molar-refractivity contribution in [2.45, 2.75) is 33.6 Å². The van der Waals surface area contributed by atoms with E-state index in [1.807, 2.05) is 20.8 Å². The third kappa shape index (κ3) is 3.77. The highest BCUT2D eigenvalue weighted by Crippen LogP contribution is 2.09. The lowest BCUT2D eigenvalue weighted by molar-refractivity contribution is -0.135. The molecule has 2 amide bonds. The third-order valence-electron chi connectivity index (χ3n) is 2.43. The van der Waals surface area contributed by atoms with Gasteiger partial charge in [0.05, 0.1) is 0 Å². The summed E-state index contributed by atoms with van der Waals surface area (Å²) in [6.45, 7) is 7.08. The molecule has 0 heterocycles. The summed E-state index contributed by atoms with van der Waals surface area (Å²) in [6, 6.07) is 0. The molecule has 0 spiro atoms. The number of carbonyl (C=O) groups is 2. The van der Waals surface area contributed by atoms with Gasteiger partial charge in [0.25, 0.3) is 0 Å². The molecular weight excluding hydrogens is 180 g/mol. The Balaban J connectivity index is 4.20. The summed E-state index contributed by atoms with van der Waals surface area (Å²) in [7, 11) is 0. The number of rotatable bonds is 6. The van der Waals surface area contributed by atoms with E-state index in [0.29, 0.717) is 19.5 Å². The summed E-state index contributed by atoms with van der Waals surface area (Å²) < 4.78 is 0. The maximum absolute atomic E-state index is 11.6. The van der Waals surface area contributed by atoms with Crippen molar-refractivity contribution in [3.63, 3.8) is 0 Å². The normalized spacial score (nSPS) is 12.2. The fourth-order valence-corrected chi connectivity index (χ4v) is 1.36. The molecule has 0 fully saturated rings. The summed E-state index contributed by atoms with van der Waals surface area (Å²) in [5, 5.41) is 0. The monoisotopic (exact) mass is 200 g/mol. The molecule has 0 aliphatic carbocycles. The number of amides is 2. The fourth-order valence-electron chi connectivity index (χ4n) is 1.36. The first-order valence-corrected chi connectivity index (χ1v) is 5.13. The highest BCUT2D eigenvalue weighted by Gasteiger charge is 2.19. The highest BCUT2D eigenvalue weighted by molar-refractivity contribution is 5.84. The molecular formula is C10H20N2O2. The predicted octanol–water partition coefficient (Wildman–Crippen LogP) is 0.756. The van der Waals surface area contributed by atoms with Crippen LogP contribution in [0.25, 0.3) is 0 Å². The maximum Gasteiger partial charge on any atom is 0.223 e. The molecule has 0 aromatic rings. The predicted molar refractivity (Wildman–Crippen MR) is 55.5 cm³/mol. The Kier molecular flexibility index (Phi) is 5.92. The van der Waals surface area contributed by atoms with Crippen LogP contribution in [0.2, 0.25) is 0 Å². The van der Waals surface area contributed by atoms with Crippen LogP contribution in [0.1, 0.15) is 33.6 Å². The smallest absolute Gasteiger partial charge is 0.223 e. The van der Waals surface area contributed by atoms with Gasteiger partial charge in [0.2, 0.25) is 11.8 Å². The average molecular weight is 200 g/mol. The third-order valence-corrected chi connectivity index (χ3v) is 2.43. The van der Waals surface area contributed by atoms with E-state index in [0.717, 1.165) is 0 Å². The van der Waals surface area contributed by atoms with Gasteiger partial charge in [-0.2, -0.15) is 0 Å². The van der Waals surface area contributed by atoms with E-state index in [-0.39, 0.29) is 24.2 Å². The number of nitrogens with zero attached hydrogens (tertiary/aromatic N) is 1. The van der Waals surface area contributed by atoms with Crippen molar-refractivity contribution in [3.8, 4) is 0 Å². The van der Waals surface area contributed by atoms with Gasteiger partial charge in [-0.15, -0.1) is 0 Å². The second-order valence-corrected chi connectivity index (χ2v) is 3.28. The van der Waals surface area contributed by atoms with Gasteiger partial charge in [-0.1, -0.05) is 6.92 Å². The molecule has 1 unspecified atom stereocenters. The minimum Gasteiger partial charge on any atom is -0.369 e. The van der Waals surface area contributed by atoms with E-state index >= 15 is 0 Å². The van der Waals surface area contributed by atoms with Gasteiger partial charge >= 0.3 is 0 Å². The van der Waals surface area contributed by atoms with Gasteiger partial charge in [0.15, 0.2) is 0 Å². The topological polar surface area (TPSA) is 63.4 Å². The zero-order valence-corrected chi connectivity index (χ0v) is 9.25. The lowest BCUT2D eigenvalue weighted by Gasteiger charge is -2.20. The van der Waals surface area contributed by atoms with E-state index in [9.17, 15) is 9.59 Å². The summed E-state index contributed by atoms with van der Waals surface area (Å²) in [6.07, 6.45) is 0.871. The molecule has 1 atom stereocenters.